The summed E-state index contributed by atoms with van der Waals surface area (Å²) in [5, 5.41) is 14.0. The summed E-state index contributed by atoms with van der Waals surface area (Å²) in [6.07, 6.45) is 0. The van der Waals surface area contributed by atoms with Gasteiger partial charge in [0.25, 0.3) is 11.6 Å². The Hall–Kier alpha value is -2.58. The average Bonchev–Trinajstić information content (AvgIpc) is 2.60. The van der Waals surface area contributed by atoms with Crippen LogP contribution in [0.5, 0.6) is 0 Å². The molecule has 9 heteroatoms. The molecule has 0 bridgehead atoms. The van der Waals surface area contributed by atoms with Crippen LogP contribution < -0.4 is 5.32 Å². The Morgan fingerprint density at radius 1 is 1.16 bits per heavy atom. The molecule has 2 aromatic carbocycles. The third-order valence-electron chi connectivity index (χ3n) is 2.90. The van der Waals surface area contributed by atoms with E-state index in [1.807, 2.05) is 0 Å². The van der Waals surface area contributed by atoms with E-state index < -0.39 is 23.4 Å². The summed E-state index contributed by atoms with van der Waals surface area (Å²) in [7, 11) is 0. The van der Waals surface area contributed by atoms with Crippen molar-refractivity contribution < 1.29 is 19.2 Å². The number of hydrogen-bond donors (Lipinski definition) is 1. The summed E-state index contributed by atoms with van der Waals surface area (Å²) in [4.78, 5) is 34.1. The first-order valence-electron chi connectivity index (χ1n) is 7.03. The molecule has 7 nitrogen and oxygen atoms in total. The minimum Gasteiger partial charge on any atom is -0.455 e. The lowest BCUT2D eigenvalue weighted by Crippen LogP contribution is -2.21. The van der Waals surface area contributed by atoms with Gasteiger partial charge in [0.2, 0.25) is 0 Å². The zero-order valence-corrected chi connectivity index (χ0v) is 14.4. The fourth-order valence-corrected chi connectivity index (χ4v) is 2.73. The van der Waals surface area contributed by atoms with E-state index in [4.69, 9.17) is 16.3 Å². The Kier molecular flexibility index (Phi) is 6.79. The summed E-state index contributed by atoms with van der Waals surface area (Å²) in [6, 6.07) is 12.6. The van der Waals surface area contributed by atoms with Crippen LogP contribution in [-0.4, -0.2) is 29.2 Å². The second-order valence-corrected chi connectivity index (χ2v) is 6.18. The number of benzene rings is 2. The van der Waals surface area contributed by atoms with Gasteiger partial charge >= 0.3 is 5.97 Å². The van der Waals surface area contributed by atoms with E-state index >= 15 is 0 Å². The lowest BCUT2D eigenvalue weighted by Gasteiger charge is -2.07. The van der Waals surface area contributed by atoms with Gasteiger partial charge in [-0.2, -0.15) is 0 Å². The molecule has 0 spiro atoms. The third kappa shape index (κ3) is 6.09. The zero-order chi connectivity index (χ0) is 18.2. The number of halogens is 1. The molecule has 1 amide bonds. The summed E-state index contributed by atoms with van der Waals surface area (Å²) < 4.78 is 4.85. The van der Waals surface area contributed by atoms with Crippen molar-refractivity contribution in [1.29, 1.82) is 0 Å². The fourth-order valence-electron chi connectivity index (χ4n) is 1.78. The SMILES string of the molecule is O=C(COC(=O)CSc1ccccc1[N+](=O)[O-])Nc1ccc(Cl)cc1. The molecule has 0 fully saturated rings. The number of para-hydroxylation sites is 1. The number of esters is 1. The first kappa shape index (κ1) is 18.8. The normalized spacial score (nSPS) is 10.1. The summed E-state index contributed by atoms with van der Waals surface area (Å²) in [6.45, 7) is -0.446. The predicted molar refractivity (Wildman–Crippen MR) is 94.9 cm³/mol. The quantitative estimate of drug-likeness (QED) is 0.341. The average molecular weight is 381 g/mol. The van der Waals surface area contributed by atoms with Gasteiger partial charge in [0.1, 0.15) is 0 Å². The first-order chi connectivity index (χ1) is 12.0. The van der Waals surface area contributed by atoms with Gasteiger partial charge in [0.05, 0.1) is 15.6 Å². The van der Waals surface area contributed by atoms with E-state index in [0.29, 0.717) is 15.6 Å². The largest absolute Gasteiger partial charge is 0.455 e. The molecule has 1 N–H and O–H groups in total. The van der Waals surface area contributed by atoms with E-state index in [1.165, 1.54) is 6.07 Å². The minimum atomic E-state index is -0.644. The van der Waals surface area contributed by atoms with E-state index in [0.717, 1.165) is 11.8 Å². The van der Waals surface area contributed by atoms with Gasteiger partial charge in [0, 0.05) is 16.8 Å². The molecule has 0 unspecified atom stereocenters. The monoisotopic (exact) mass is 380 g/mol. The number of thioether (sulfide) groups is 1. The summed E-state index contributed by atoms with van der Waals surface area (Å²) in [5.41, 5.74) is 0.445. The van der Waals surface area contributed by atoms with Crippen LogP contribution in [-0.2, 0) is 14.3 Å². The zero-order valence-electron chi connectivity index (χ0n) is 12.8. The molecule has 2 rings (SSSR count). The summed E-state index contributed by atoms with van der Waals surface area (Å²) in [5.74, 6) is -1.28. The van der Waals surface area contributed by atoms with Crippen molar-refractivity contribution >= 4 is 46.6 Å². The maximum atomic E-state index is 11.7. The molecule has 0 aliphatic heterocycles. The van der Waals surface area contributed by atoms with Crippen LogP contribution in [0.25, 0.3) is 0 Å². The van der Waals surface area contributed by atoms with E-state index in [-0.39, 0.29) is 11.4 Å². The maximum absolute atomic E-state index is 11.7. The van der Waals surface area contributed by atoms with Crippen molar-refractivity contribution in [2.75, 3.05) is 17.7 Å². The number of carbonyl (C=O) groups excluding carboxylic acids is 2. The number of nitro groups is 1. The molecule has 0 saturated heterocycles. The second-order valence-electron chi connectivity index (χ2n) is 4.73. The van der Waals surface area contributed by atoms with Crippen molar-refractivity contribution in [3.05, 3.63) is 63.7 Å². The molecule has 130 valence electrons. The van der Waals surface area contributed by atoms with Crippen LogP contribution in [0.4, 0.5) is 11.4 Å². The number of anilines is 1. The molecular weight excluding hydrogens is 368 g/mol. The van der Waals surface area contributed by atoms with Crippen LogP contribution in [0, 0.1) is 10.1 Å². The summed E-state index contributed by atoms with van der Waals surface area (Å²) >= 11 is 6.72. The maximum Gasteiger partial charge on any atom is 0.316 e. The van der Waals surface area contributed by atoms with Gasteiger partial charge in [-0.3, -0.25) is 19.7 Å². The minimum absolute atomic E-state index is 0.0826. The van der Waals surface area contributed by atoms with Crippen molar-refractivity contribution in [2.45, 2.75) is 4.90 Å². The third-order valence-corrected chi connectivity index (χ3v) is 4.19. The van der Waals surface area contributed by atoms with Gasteiger partial charge in [-0.1, -0.05) is 23.7 Å². The van der Waals surface area contributed by atoms with Gasteiger partial charge in [-0.05, 0) is 30.3 Å². The van der Waals surface area contributed by atoms with Crippen LogP contribution in [0.2, 0.25) is 5.02 Å². The number of carbonyl (C=O) groups is 2. The molecule has 2 aromatic rings. The van der Waals surface area contributed by atoms with Crippen LogP contribution in [0.1, 0.15) is 0 Å². The van der Waals surface area contributed by atoms with E-state index in [9.17, 15) is 19.7 Å². The Bertz CT molecular complexity index is 782. The van der Waals surface area contributed by atoms with Crippen molar-refractivity contribution in [3.8, 4) is 0 Å². The molecule has 25 heavy (non-hydrogen) atoms. The molecule has 0 aliphatic carbocycles. The smallest absolute Gasteiger partial charge is 0.316 e. The molecule has 0 aromatic heterocycles. The second kappa shape index (κ2) is 9.05. The predicted octanol–water partition coefficient (Wildman–Crippen LogP) is 3.52. The van der Waals surface area contributed by atoms with E-state index in [2.05, 4.69) is 5.32 Å². The van der Waals surface area contributed by atoms with Crippen LogP contribution in [0.3, 0.4) is 0 Å². The molecule has 0 radical (unpaired) electrons. The first-order valence-corrected chi connectivity index (χ1v) is 8.39. The lowest BCUT2D eigenvalue weighted by molar-refractivity contribution is -0.387. The highest BCUT2D eigenvalue weighted by Gasteiger charge is 2.15. The number of rotatable bonds is 7. The Balaban J connectivity index is 1.78. The van der Waals surface area contributed by atoms with Gasteiger partial charge in [-0.15, -0.1) is 11.8 Å². The molecule has 0 heterocycles. The van der Waals surface area contributed by atoms with Gasteiger partial charge in [0.15, 0.2) is 6.61 Å². The number of ether oxygens (including phenoxy) is 1. The highest BCUT2D eigenvalue weighted by molar-refractivity contribution is 8.00. The molecular formula is C16H13ClN2O5S. The number of nitrogens with zero attached hydrogens (tertiary/aromatic N) is 1. The number of nitro benzene ring substituents is 1. The Labute approximate surface area is 152 Å². The fraction of sp³-hybridized carbons (Fsp3) is 0.125. The van der Waals surface area contributed by atoms with Crippen molar-refractivity contribution in [1.82, 2.24) is 0 Å². The molecule has 0 aliphatic rings. The van der Waals surface area contributed by atoms with Crippen LogP contribution >= 0.6 is 23.4 Å². The van der Waals surface area contributed by atoms with E-state index in [1.54, 1.807) is 42.5 Å². The topological polar surface area (TPSA) is 98.5 Å². The highest BCUT2D eigenvalue weighted by Crippen LogP contribution is 2.28. The Morgan fingerprint density at radius 3 is 2.52 bits per heavy atom. The number of hydrogen-bond acceptors (Lipinski definition) is 6. The Morgan fingerprint density at radius 2 is 1.84 bits per heavy atom. The van der Waals surface area contributed by atoms with Gasteiger partial charge < -0.3 is 10.1 Å². The lowest BCUT2D eigenvalue weighted by atomic mass is 10.3. The van der Waals surface area contributed by atoms with Crippen molar-refractivity contribution in [2.24, 2.45) is 0 Å². The number of amides is 1. The molecule has 0 saturated carbocycles. The van der Waals surface area contributed by atoms with Crippen molar-refractivity contribution in [3.63, 3.8) is 0 Å². The molecule has 0 atom stereocenters. The standard InChI is InChI=1S/C16H13ClN2O5S/c17-11-5-7-12(8-6-11)18-15(20)9-24-16(21)10-25-14-4-2-1-3-13(14)19(22)23/h1-8H,9-10H2,(H,18,20). The van der Waals surface area contributed by atoms with Gasteiger partial charge in [-0.25, -0.2) is 0 Å². The number of nitrogens with one attached hydrogen (secondary N) is 1. The van der Waals surface area contributed by atoms with Crippen LogP contribution in [0.15, 0.2) is 53.4 Å². The highest BCUT2D eigenvalue weighted by atomic mass is 35.5.